The van der Waals surface area contributed by atoms with Crippen molar-refractivity contribution in [3.8, 4) is 17.1 Å². The molecule has 0 saturated carbocycles. The van der Waals surface area contributed by atoms with Crippen molar-refractivity contribution in [2.45, 2.75) is 18.1 Å². The van der Waals surface area contributed by atoms with E-state index in [1.54, 1.807) is 37.6 Å². The van der Waals surface area contributed by atoms with Gasteiger partial charge in [0.05, 0.1) is 19.9 Å². The number of rotatable bonds is 9. The number of ether oxygens (including phenoxy) is 1. The van der Waals surface area contributed by atoms with Crippen LogP contribution in [0.4, 0.5) is 5.69 Å². The van der Waals surface area contributed by atoms with Crippen LogP contribution < -0.4 is 10.1 Å². The lowest BCUT2D eigenvalue weighted by atomic mass is 10.2. The third-order valence-corrected chi connectivity index (χ3v) is 5.81. The minimum Gasteiger partial charge on any atom is -0.497 e. The Morgan fingerprint density at radius 1 is 1.16 bits per heavy atom. The summed E-state index contributed by atoms with van der Waals surface area (Å²) in [5, 5.41) is 12.9. The lowest BCUT2D eigenvalue weighted by Crippen LogP contribution is -2.12. The van der Waals surface area contributed by atoms with Gasteiger partial charge in [0.15, 0.2) is 11.0 Å². The molecule has 0 radical (unpaired) electrons. The Balaban J connectivity index is 1.48. The van der Waals surface area contributed by atoms with Gasteiger partial charge >= 0.3 is 0 Å². The van der Waals surface area contributed by atoms with E-state index in [0.29, 0.717) is 40.4 Å². The molecule has 1 amide bonds. The molecular weight excluding hydrogens is 448 g/mol. The van der Waals surface area contributed by atoms with Gasteiger partial charge in [-0.25, -0.2) is 0 Å². The number of thioether (sulfide) groups is 1. The van der Waals surface area contributed by atoms with Crippen LogP contribution in [0.5, 0.6) is 5.75 Å². The predicted molar refractivity (Wildman–Crippen MR) is 125 cm³/mol. The van der Waals surface area contributed by atoms with Crippen LogP contribution in [0.1, 0.15) is 12.2 Å². The van der Waals surface area contributed by atoms with Crippen LogP contribution in [0.2, 0.25) is 5.02 Å². The number of benzene rings is 2. The van der Waals surface area contributed by atoms with Crippen molar-refractivity contribution < 1.29 is 13.9 Å². The molecule has 2 aromatic heterocycles. The molecule has 0 bridgehead atoms. The molecule has 0 unspecified atom stereocenters. The average molecular weight is 469 g/mol. The molecule has 4 rings (SSSR count). The largest absolute Gasteiger partial charge is 0.497 e. The maximum Gasteiger partial charge on any atom is 0.225 e. The van der Waals surface area contributed by atoms with E-state index in [-0.39, 0.29) is 5.91 Å². The number of methoxy groups -OCH3 is 1. The summed E-state index contributed by atoms with van der Waals surface area (Å²) in [5.41, 5.74) is 1.56. The summed E-state index contributed by atoms with van der Waals surface area (Å²) in [7, 11) is 1.63. The van der Waals surface area contributed by atoms with Gasteiger partial charge in [0.2, 0.25) is 5.91 Å². The summed E-state index contributed by atoms with van der Waals surface area (Å²) < 4.78 is 12.9. The predicted octanol–water partition coefficient (Wildman–Crippen LogP) is 5.37. The summed E-state index contributed by atoms with van der Waals surface area (Å²) in [4.78, 5) is 12.3. The number of halogens is 1. The van der Waals surface area contributed by atoms with E-state index in [1.807, 2.05) is 41.0 Å². The van der Waals surface area contributed by atoms with Gasteiger partial charge in [-0.1, -0.05) is 41.6 Å². The van der Waals surface area contributed by atoms with Crippen LogP contribution in [-0.2, 0) is 11.3 Å². The van der Waals surface area contributed by atoms with Gasteiger partial charge in [-0.2, -0.15) is 0 Å². The van der Waals surface area contributed by atoms with E-state index < -0.39 is 0 Å². The second-order valence-corrected chi connectivity index (χ2v) is 8.36. The van der Waals surface area contributed by atoms with Crippen molar-refractivity contribution >= 4 is 35.0 Å². The third-order valence-electron chi connectivity index (χ3n) is 4.61. The van der Waals surface area contributed by atoms with Gasteiger partial charge in [0, 0.05) is 28.4 Å². The molecule has 0 aliphatic heterocycles. The fourth-order valence-corrected chi connectivity index (χ4v) is 4.16. The number of furan rings is 1. The normalized spacial score (nSPS) is 10.8. The van der Waals surface area contributed by atoms with E-state index in [0.717, 1.165) is 17.1 Å². The molecule has 9 heteroatoms. The highest BCUT2D eigenvalue weighted by Gasteiger charge is 2.17. The highest BCUT2D eigenvalue weighted by molar-refractivity contribution is 7.99. The van der Waals surface area contributed by atoms with Crippen LogP contribution in [0.25, 0.3) is 11.4 Å². The maximum absolute atomic E-state index is 12.3. The second kappa shape index (κ2) is 10.4. The first-order chi connectivity index (χ1) is 15.6. The van der Waals surface area contributed by atoms with Gasteiger partial charge < -0.3 is 14.5 Å². The van der Waals surface area contributed by atoms with Crippen molar-refractivity contribution in [2.75, 3.05) is 18.2 Å². The van der Waals surface area contributed by atoms with Crippen LogP contribution in [0.3, 0.4) is 0 Å². The van der Waals surface area contributed by atoms with Gasteiger partial charge in [-0.05, 0) is 42.5 Å². The van der Waals surface area contributed by atoms with Crippen LogP contribution in [-0.4, -0.2) is 33.5 Å². The van der Waals surface area contributed by atoms with Crippen LogP contribution in [0, 0.1) is 0 Å². The molecule has 164 valence electrons. The fraction of sp³-hybridized carbons (Fsp3) is 0.174. The number of carbonyl (C=O) groups is 1. The maximum atomic E-state index is 12.3. The summed E-state index contributed by atoms with van der Waals surface area (Å²) in [6.07, 6.45) is 1.96. The highest BCUT2D eigenvalue weighted by atomic mass is 35.5. The van der Waals surface area contributed by atoms with Crippen LogP contribution >= 0.6 is 23.4 Å². The van der Waals surface area contributed by atoms with Crippen molar-refractivity contribution in [1.82, 2.24) is 14.8 Å². The number of hydrogen-bond donors (Lipinski definition) is 1. The Hall–Kier alpha value is -3.23. The average Bonchev–Trinajstić information content (AvgIpc) is 3.44. The Kier molecular flexibility index (Phi) is 7.14. The van der Waals surface area contributed by atoms with Crippen molar-refractivity contribution in [2.24, 2.45) is 0 Å². The topological polar surface area (TPSA) is 82.2 Å². The summed E-state index contributed by atoms with van der Waals surface area (Å²) in [6.45, 7) is 0.476. The minimum atomic E-state index is -0.0927. The van der Waals surface area contributed by atoms with Gasteiger partial charge in [-0.3, -0.25) is 9.36 Å². The molecule has 0 atom stereocenters. The number of nitrogens with one attached hydrogen (secondary N) is 1. The number of nitrogens with zero attached hydrogens (tertiary/aromatic N) is 3. The fourth-order valence-electron chi connectivity index (χ4n) is 3.10. The molecule has 4 aromatic rings. The van der Waals surface area contributed by atoms with E-state index >= 15 is 0 Å². The molecule has 2 aromatic carbocycles. The molecule has 1 N–H and O–H groups in total. The zero-order chi connectivity index (χ0) is 22.3. The van der Waals surface area contributed by atoms with E-state index in [4.69, 9.17) is 20.8 Å². The summed E-state index contributed by atoms with van der Waals surface area (Å²) in [5.74, 6) is 2.67. The molecule has 0 aliphatic carbocycles. The second-order valence-electron chi connectivity index (χ2n) is 6.86. The number of hydrogen-bond acceptors (Lipinski definition) is 6. The minimum absolute atomic E-state index is 0.0927. The molecule has 0 fully saturated rings. The quantitative estimate of drug-likeness (QED) is 0.332. The number of carbonyl (C=O) groups excluding carboxylic acids is 1. The summed E-state index contributed by atoms with van der Waals surface area (Å²) in [6, 6.07) is 18.5. The lowest BCUT2D eigenvalue weighted by molar-refractivity contribution is -0.115. The standard InChI is InChI=1S/C23H21ClN4O3S/c1-30-19-8-2-5-16(13-19)22-26-27-23(28(22)15-20-9-4-11-31-20)32-12-10-21(29)25-18-7-3-6-17(24)14-18/h2-9,11,13-14H,10,12,15H2,1H3,(H,25,29). The highest BCUT2D eigenvalue weighted by Crippen LogP contribution is 2.28. The monoisotopic (exact) mass is 468 g/mol. The molecule has 0 spiro atoms. The van der Waals surface area contributed by atoms with Gasteiger partial charge in [0.1, 0.15) is 11.5 Å². The van der Waals surface area contributed by atoms with Crippen LogP contribution in [0.15, 0.2) is 76.5 Å². The van der Waals surface area contributed by atoms with E-state index in [1.165, 1.54) is 11.8 Å². The van der Waals surface area contributed by atoms with E-state index in [9.17, 15) is 4.79 Å². The van der Waals surface area contributed by atoms with E-state index in [2.05, 4.69) is 15.5 Å². The number of amides is 1. The molecule has 7 nitrogen and oxygen atoms in total. The molecule has 2 heterocycles. The first-order valence-corrected chi connectivity index (χ1v) is 11.3. The number of anilines is 1. The van der Waals surface area contributed by atoms with Gasteiger partial charge in [0.25, 0.3) is 0 Å². The summed E-state index contributed by atoms with van der Waals surface area (Å²) >= 11 is 7.44. The Morgan fingerprint density at radius 2 is 2.03 bits per heavy atom. The first-order valence-electron chi connectivity index (χ1n) is 9.90. The first kappa shape index (κ1) is 22.0. The van der Waals surface area contributed by atoms with Crippen molar-refractivity contribution in [1.29, 1.82) is 0 Å². The Labute approximate surface area is 194 Å². The zero-order valence-corrected chi connectivity index (χ0v) is 18.9. The van der Waals surface area contributed by atoms with Gasteiger partial charge in [-0.15, -0.1) is 10.2 Å². The molecule has 0 aliphatic rings. The molecular formula is C23H21ClN4O3S. The Morgan fingerprint density at radius 3 is 2.81 bits per heavy atom. The van der Waals surface area contributed by atoms with Crippen molar-refractivity contribution in [3.05, 3.63) is 77.7 Å². The lowest BCUT2D eigenvalue weighted by Gasteiger charge is -2.10. The molecule has 32 heavy (non-hydrogen) atoms. The Bertz CT molecular complexity index is 1190. The zero-order valence-electron chi connectivity index (χ0n) is 17.3. The SMILES string of the molecule is COc1cccc(-c2nnc(SCCC(=O)Nc3cccc(Cl)c3)n2Cc2ccco2)c1. The number of aromatic nitrogens is 3. The third kappa shape index (κ3) is 5.52. The smallest absolute Gasteiger partial charge is 0.225 e. The van der Waals surface area contributed by atoms with Crippen molar-refractivity contribution in [3.63, 3.8) is 0 Å². The molecule has 0 saturated heterocycles.